The van der Waals surface area contributed by atoms with Crippen LogP contribution in [0.4, 0.5) is 10.1 Å². The molecule has 1 N–H and O–H groups in total. The number of hydrogen-bond donors (Lipinski definition) is 1. The summed E-state index contributed by atoms with van der Waals surface area (Å²) in [6.45, 7) is 9.20. The lowest BCUT2D eigenvalue weighted by molar-refractivity contribution is -0.123. The Bertz CT molecular complexity index is 1090. The summed E-state index contributed by atoms with van der Waals surface area (Å²) in [5.41, 5.74) is 0.990. The Kier molecular flexibility index (Phi) is 6.55. The molecule has 1 aromatic heterocycles. The van der Waals surface area contributed by atoms with Gasteiger partial charge in [-0.15, -0.1) is 11.3 Å². The Hall–Kier alpha value is -3.06. The van der Waals surface area contributed by atoms with Crippen molar-refractivity contribution in [3.8, 4) is 0 Å². The fraction of sp³-hybridized carbons (Fsp3) is 0.292. The topological polar surface area (TPSA) is 62.3 Å². The van der Waals surface area contributed by atoms with E-state index in [1.165, 1.54) is 34.4 Å². The Labute approximate surface area is 185 Å². The SMILES string of the molecule is Cc1nc(C)c(C(=O)N(c2cccc(F)c2)C(C(=O)NC(C)(C)C)c2ccccc2)s1. The molecule has 1 unspecified atom stereocenters. The minimum Gasteiger partial charge on any atom is -0.349 e. The van der Waals surface area contributed by atoms with Crippen LogP contribution in [0.15, 0.2) is 54.6 Å². The van der Waals surface area contributed by atoms with E-state index in [4.69, 9.17) is 0 Å². The average molecular weight is 440 g/mol. The number of thiazole rings is 1. The number of nitrogens with one attached hydrogen (secondary N) is 1. The Morgan fingerprint density at radius 1 is 1.06 bits per heavy atom. The van der Waals surface area contributed by atoms with Crippen LogP contribution in [0.5, 0.6) is 0 Å². The summed E-state index contributed by atoms with van der Waals surface area (Å²) in [5.74, 6) is -1.24. The van der Waals surface area contributed by atoms with E-state index in [9.17, 15) is 14.0 Å². The molecular weight excluding hydrogens is 413 g/mol. The molecule has 1 heterocycles. The number of amides is 2. The van der Waals surface area contributed by atoms with Gasteiger partial charge in [0.1, 0.15) is 16.7 Å². The summed E-state index contributed by atoms with van der Waals surface area (Å²) in [4.78, 5) is 33.4. The number of benzene rings is 2. The minimum absolute atomic E-state index is 0.299. The lowest BCUT2D eigenvalue weighted by Gasteiger charge is -2.33. The number of rotatable bonds is 5. The number of halogens is 1. The van der Waals surface area contributed by atoms with Gasteiger partial charge in [0.2, 0.25) is 5.91 Å². The smallest absolute Gasteiger partial charge is 0.271 e. The molecule has 1 atom stereocenters. The van der Waals surface area contributed by atoms with Crippen molar-refractivity contribution in [1.29, 1.82) is 0 Å². The van der Waals surface area contributed by atoms with Crippen LogP contribution in [0.25, 0.3) is 0 Å². The average Bonchev–Trinajstić information content (AvgIpc) is 3.02. The summed E-state index contributed by atoms with van der Waals surface area (Å²) in [7, 11) is 0. The maximum absolute atomic E-state index is 14.2. The monoisotopic (exact) mass is 439 g/mol. The van der Waals surface area contributed by atoms with Crippen LogP contribution in [0.3, 0.4) is 0 Å². The van der Waals surface area contributed by atoms with Crippen LogP contribution >= 0.6 is 11.3 Å². The summed E-state index contributed by atoms with van der Waals surface area (Å²) < 4.78 is 14.2. The van der Waals surface area contributed by atoms with Gasteiger partial charge in [0.25, 0.3) is 5.91 Å². The first kappa shape index (κ1) is 22.6. The standard InChI is InChI=1S/C24H26FN3O2S/c1-15-21(31-16(2)26-15)23(30)28(19-13-9-12-18(25)14-19)20(17-10-7-6-8-11-17)22(29)27-24(3,4)5/h6-14,20H,1-5H3,(H,27,29). The van der Waals surface area contributed by atoms with Crippen molar-refractivity contribution in [2.45, 2.75) is 46.2 Å². The molecule has 7 heteroatoms. The second-order valence-electron chi connectivity index (χ2n) is 8.35. The van der Waals surface area contributed by atoms with Crippen LogP contribution < -0.4 is 10.2 Å². The molecular formula is C24H26FN3O2S. The fourth-order valence-electron chi connectivity index (χ4n) is 3.34. The van der Waals surface area contributed by atoms with Crippen molar-refractivity contribution in [3.63, 3.8) is 0 Å². The van der Waals surface area contributed by atoms with Crippen LogP contribution in [0.1, 0.15) is 52.7 Å². The summed E-state index contributed by atoms with van der Waals surface area (Å²) in [6, 6.07) is 13.8. The first-order valence-corrected chi connectivity index (χ1v) is 10.8. The van der Waals surface area contributed by atoms with E-state index in [1.807, 2.05) is 45.9 Å². The molecule has 31 heavy (non-hydrogen) atoms. The number of anilines is 1. The summed E-state index contributed by atoms with van der Waals surface area (Å²) in [6.07, 6.45) is 0. The molecule has 0 aliphatic rings. The summed E-state index contributed by atoms with van der Waals surface area (Å²) in [5, 5.41) is 3.72. The van der Waals surface area contributed by atoms with Gasteiger partial charge in [0.05, 0.1) is 10.7 Å². The zero-order valence-corrected chi connectivity index (χ0v) is 19.1. The minimum atomic E-state index is -0.989. The van der Waals surface area contributed by atoms with Crippen LogP contribution in [0.2, 0.25) is 0 Å². The molecule has 0 saturated heterocycles. The largest absolute Gasteiger partial charge is 0.349 e. The molecule has 0 radical (unpaired) electrons. The molecule has 3 aromatic rings. The Morgan fingerprint density at radius 3 is 2.29 bits per heavy atom. The molecule has 0 spiro atoms. The van der Waals surface area contributed by atoms with Gasteiger partial charge in [-0.25, -0.2) is 9.37 Å². The van der Waals surface area contributed by atoms with Gasteiger partial charge in [-0.3, -0.25) is 14.5 Å². The molecule has 162 valence electrons. The van der Waals surface area contributed by atoms with Crippen LogP contribution in [0, 0.1) is 19.7 Å². The van der Waals surface area contributed by atoms with Crippen molar-refractivity contribution in [2.75, 3.05) is 4.90 Å². The van der Waals surface area contributed by atoms with Gasteiger partial charge in [0.15, 0.2) is 0 Å². The molecule has 0 aliphatic carbocycles. The predicted molar refractivity (Wildman–Crippen MR) is 122 cm³/mol. The maximum Gasteiger partial charge on any atom is 0.271 e. The number of carbonyl (C=O) groups excluding carboxylic acids is 2. The first-order chi connectivity index (χ1) is 14.6. The van der Waals surface area contributed by atoms with Crippen molar-refractivity contribution >= 4 is 28.8 Å². The van der Waals surface area contributed by atoms with Crippen molar-refractivity contribution < 1.29 is 14.0 Å². The molecule has 0 bridgehead atoms. The Balaban J connectivity index is 2.21. The number of aromatic nitrogens is 1. The molecule has 2 amide bonds. The third kappa shape index (κ3) is 5.35. The van der Waals surface area contributed by atoms with Crippen molar-refractivity contribution in [1.82, 2.24) is 10.3 Å². The molecule has 3 rings (SSSR count). The van der Waals surface area contributed by atoms with E-state index in [1.54, 1.807) is 25.1 Å². The fourth-order valence-corrected chi connectivity index (χ4v) is 4.20. The Morgan fingerprint density at radius 2 is 1.74 bits per heavy atom. The first-order valence-electron chi connectivity index (χ1n) is 9.97. The highest BCUT2D eigenvalue weighted by molar-refractivity contribution is 7.13. The van der Waals surface area contributed by atoms with E-state index in [-0.39, 0.29) is 5.91 Å². The second kappa shape index (κ2) is 8.98. The zero-order valence-electron chi connectivity index (χ0n) is 18.3. The second-order valence-corrected chi connectivity index (χ2v) is 9.56. The molecule has 2 aromatic carbocycles. The highest BCUT2D eigenvalue weighted by atomic mass is 32.1. The number of hydrogen-bond acceptors (Lipinski definition) is 4. The van der Waals surface area contributed by atoms with Gasteiger partial charge in [0, 0.05) is 11.2 Å². The summed E-state index contributed by atoms with van der Waals surface area (Å²) >= 11 is 1.26. The molecule has 0 aliphatic heterocycles. The van der Waals surface area contributed by atoms with E-state index in [0.29, 0.717) is 21.8 Å². The normalized spacial score (nSPS) is 12.3. The highest BCUT2D eigenvalue weighted by Crippen LogP contribution is 2.32. The number of nitrogens with zero attached hydrogens (tertiary/aromatic N) is 2. The van der Waals surface area contributed by atoms with E-state index in [0.717, 1.165) is 5.01 Å². The predicted octanol–water partition coefficient (Wildman–Crippen LogP) is 5.20. The third-order valence-corrected chi connectivity index (χ3v) is 5.58. The van der Waals surface area contributed by atoms with Crippen LogP contribution in [-0.4, -0.2) is 22.3 Å². The van der Waals surface area contributed by atoms with Gasteiger partial charge < -0.3 is 5.32 Å². The lowest BCUT2D eigenvalue weighted by Crippen LogP contribution is -2.49. The lowest BCUT2D eigenvalue weighted by atomic mass is 10.0. The zero-order chi connectivity index (χ0) is 22.8. The maximum atomic E-state index is 14.2. The number of aryl methyl sites for hydroxylation is 2. The van der Waals surface area contributed by atoms with Gasteiger partial charge in [-0.1, -0.05) is 36.4 Å². The molecule has 0 fully saturated rings. The quantitative estimate of drug-likeness (QED) is 0.594. The van der Waals surface area contributed by atoms with E-state index in [2.05, 4.69) is 10.3 Å². The van der Waals surface area contributed by atoms with E-state index >= 15 is 0 Å². The highest BCUT2D eigenvalue weighted by Gasteiger charge is 2.36. The van der Waals surface area contributed by atoms with E-state index < -0.39 is 23.3 Å². The molecule has 0 saturated carbocycles. The third-order valence-electron chi connectivity index (χ3n) is 4.52. The van der Waals surface area contributed by atoms with Crippen LogP contribution in [-0.2, 0) is 4.79 Å². The molecule has 5 nitrogen and oxygen atoms in total. The van der Waals surface area contributed by atoms with Gasteiger partial charge in [-0.2, -0.15) is 0 Å². The van der Waals surface area contributed by atoms with Gasteiger partial charge >= 0.3 is 0 Å². The number of carbonyl (C=O) groups is 2. The van der Waals surface area contributed by atoms with Crippen molar-refractivity contribution in [3.05, 3.63) is 81.6 Å². The van der Waals surface area contributed by atoms with Crippen molar-refractivity contribution in [2.24, 2.45) is 0 Å². The van der Waals surface area contributed by atoms with Gasteiger partial charge in [-0.05, 0) is 58.4 Å².